The maximum Gasteiger partial charge on any atom is 0.320 e. The number of carboxylic acids is 1. The lowest BCUT2D eigenvalue weighted by molar-refractivity contribution is -0.141. The largest absolute Gasteiger partial charge is 0.480 e. The number of azide groups is 1. The minimum absolute atomic E-state index is 0.105. The van der Waals surface area contributed by atoms with Crippen molar-refractivity contribution in [2.45, 2.75) is 32.7 Å². The maximum atomic E-state index is 11.3. The molecule has 0 saturated carbocycles. The van der Waals surface area contributed by atoms with E-state index in [9.17, 15) is 9.90 Å². The summed E-state index contributed by atoms with van der Waals surface area (Å²) in [5, 5.41) is 15.6. The van der Waals surface area contributed by atoms with Crippen LogP contribution in [0, 0.1) is 11.8 Å². The molecule has 6 heteroatoms. The van der Waals surface area contributed by atoms with Crippen LogP contribution in [0.3, 0.4) is 0 Å². The molecule has 0 radical (unpaired) electrons. The summed E-state index contributed by atoms with van der Waals surface area (Å²) >= 11 is 0. The monoisotopic (exact) mass is 252 g/mol. The van der Waals surface area contributed by atoms with Gasteiger partial charge in [-0.1, -0.05) is 23.7 Å². The lowest BCUT2D eigenvalue weighted by Gasteiger charge is -2.30. The third-order valence-electron chi connectivity index (χ3n) is 3.20. The summed E-state index contributed by atoms with van der Waals surface area (Å²) in [6, 6.07) is -0.565. The smallest absolute Gasteiger partial charge is 0.320 e. The quantitative estimate of drug-likeness (QED) is 0.249. The minimum Gasteiger partial charge on any atom is -0.480 e. The van der Waals surface area contributed by atoms with E-state index in [1.165, 1.54) is 5.57 Å². The number of carboxylic acid groups (broad SMARTS) is 1. The molecular formula is C12H20N4O2. The normalized spacial score (nSPS) is 24.9. The van der Waals surface area contributed by atoms with Gasteiger partial charge in [0.1, 0.15) is 6.04 Å². The van der Waals surface area contributed by atoms with Gasteiger partial charge in [-0.25, -0.2) is 0 Å². The van der Waals surface area contributed by atoms with Gasteiger partial charge in [0.25, 0.3) is 0 Å². The molecule has 1 aliphatic rings. The number of aliphatic carboxylic acids is 1. The van der Waals surface area contributed by atoms with Gasteiger partial charge in [-0.3, -0.25) is 4.79 Å². The molecule has 3 unspecified atom stereocenters. The van der Waals surface area contributed by atoms with E-state index in [1.807, 2.05) is 6.92 Å². The molecule has 0 aromatic heterocycles. The molecule has 0 amide bonds. The van der Waals surface area contributed by atoms with E-state index in [0.717, 1.165) is 12.8 Å². The van der Waals surface area contributed by atoms with Gasteiger partial charge in [0.15, 0.2) is 0 Å². The zero-order valence-electron chi connectivity index (χ0n) is 10.8. The van der Waals surface area contributed by atoms with Crippen LogP contribution in [0.15, 0.2) is 16.8 Å². The van der Waals surface area contributed by atoms with Gasteiger partial charge in [-0.05, 0) is 37.1 Å². The van der Waals surface area contributed by atoms with Gasteiger partial charge in [0, 0.05) is 18.0 Å². The topological polar surface area (TPSA) is 98.1 Å². The van der Waals surface area contributed by atoms with Gasteiger partial charge in [0.05, 0.1) is 0 Å². The van der Waals surface area contributed by atoms with Crippen LogP contribution < -0.4 is 5.32 Å². The number of hydrogen-bond donors (Lipinski definition) is 2. The Kier molecular flexibility index (Phi) is 5.68. The molecular weight excluding hydrogens is 232 g/mol. The van der Waals surface area contributed by atoms with Gasteiger partial charge < -0.3 is 10.4 Å². The molecule has 1 rings (SSSR count). The molecule has 2 N–H and O–H groups in total. The number of nitrogens with zero attached hydrogens (tertiary/aromatic N) is 3. The summed E-state index contributed by atoms with van der Waals surface area (Å²) in [5.74, 6) is -0.305. The Hall–Kier alpha value is -1.52. The molecule has 3 atom stereocenters. The van der Waals surface area contributed by atoms with Crippen LogP contribution in [-0.4, -0.2) is 30.2 Å². The van der Waals surface area contributed by atoms with Gasteiger partial charge >= 0.3 is 5.97 Å². The third-order valence-corrected chi connectivity index (χ3v) is 3.20. The molecule has 0 saturated heterocycles. The summed E-state index contributed by atoms with van der Waals surface area (Å²) in [6.07, 6.45) is 3.90. The second kappa shape index (κ2) is 7.03. The minimum atomic E-state index is -0.831. The van der Waals surface area contributed by atoms with Gasteiger partial charge in [0.2, 0.25) is 0 Å². The zero-order valence-corrected chi connectivity index (χ0v) is 10.8. The molecule has 0 aromatic carbocycles. The fourth-order valence-electron chi connectivity index (χ4n) is 2.62. The summed E-state index contributed by atoms with van der Waals surface area (Å²) in [5.41, 5.74) is 9.42. The van der Waals surface area contributed by atoms with E-state index in [4.69, 9.17) is 5.53 Å². The van der Waals surface area contributed by atoms with Crippen molar-refractivity contribution in [3.63, 3.8) is 0 Å². The predicted octanol–water partition coefficient (Wildman–Crippen LogP) is 2.33. The van der Waals surface area contributed by atoms with Crippen LogP contribution in [0.5, 0.6) is 0 Å². The average molecular weight is 252 g/mol. The van der Waals surface area contributed by atoms with Crippen LogP contribution in [0.4, 0.5) is 0 Å². The molecule has 0 heterocycles. The first-order chi connectivity index (χ1) is 8.54. The van der Waals surface area contributed by atoms with Crippen molar-refractivity contribution >= 4 is 5.97 Å². The Labute approximate surface area is 107 Å². The Morgan fingerprint density at radius 3 is 3.06 bits per heavy atom. The van der Waals surface area contributed by atoms with Crippen LogP contribution in [0.1, 0.15) is 26.7 Å². The van der Waals surface area contributed by atoms with Crippen molar-refractivity contribution in [1.82, 2.24) is 5.32 Å². The Morgan fingerprint density at radius 1 is 1.78 bits per heavy atom. The first-order valence-electron chi connectivity index (χ1n) is 6.19. The summed E-state index contributed by atoms with van der Waals surface area (Å²) in [6.45, 7) is 4.82. The second-order valence-corrected chi connectivity index (χ2v) is 4.91. The van der Waals surface area contributed by atoms with Gasteiger partial charge in [-0.2, -0.15) is 0 Å². The molecule has 18 heavy (non-hydrogen) atoms. The van der Waals surface area contributed by atoms with Crippen LogP contribution in [0.2, 0.25) is 0 Å². The first-order valence-corrected chi connectivity index (χ1v) is 6.19. The predicted molar refractivity (Wildman–Crippen MR) is 69.1 cm³/mol. The van der Waals surface area contributed by atoms with E-state index in [0.29, 0.717) is 12.5 Å². The summed E-state index contributed by atoms with van der Waals surface area (Å²) in [4.78, 5) is 13.9. The first kappa shape index (κ1) is 14.5. The average Bonchev–Trinajstić information content (AvgIpc) is 2.27. The van der Waals surface area contributed by atoms with E-state index >= 15 is 0 Å². The Morgan fingerprint density at radius 2 is 2.50 bits per heavy atom. The van der Waals surface area contributed by atoms with Crippen molar-refractivity contribution in [2.75, 3.05) is 13.1 Å². The van der Waals surface area contributed by atoms with Crippen molar-refractivity contribution in [1.29, 1.82) is 0 Å². The lowest BCUT2D eigenvalue weighted by atomic mass is 9.79. The molecule has 100 valence electrons. The highest BCUT2D eigenvalue weighted by atomic mass is 16.4. The lowest BCUT2D eigenvalue weighted by Crippen LogP contribution is -2.45. The Balaban J connectivity index is 2.59. The third kappa shape index (κ3) is 4.39. The number of hydrogen-bond acceptors (Lipinski definition) is 3. The number of nitrogens with one attached hydrogen (secondary N) is 1. The fourth-order valence-corrected chi connectivity index (χ4v) is 2.62. The van der Waals surface area contributed by atoms with Crippen LogP contribution >= 0.6 is 0 Å². The maximum absolute atomic E-state index is 11.3. The molecule has 0 aliphatic heterocycles. The van der Waals surface area contributed by atoms with E-state index in [2.05, 4.69) is 28.3 Å². The summed E-state index contributed by atoms with van der Waals surface area (Å²) < 4.78 is 0. The Bertz CT molecular complexity index is 374. The second-order valence-electron chi connectivity index (χ2n) is 4.91. The fraction of sp³-hybridized carbons (Fsp3) is 0.750. The number of allylic oxidation sites excluding steroid dienone is 2. The van der Waals surface area contributed by atoms with E-state index in [-0.39, 0.29) is 12.5 Å². The van der Waals surface area contributed by atoms with Crippen molar-refractivity contribution in [3.8, 4) is 0 Å². The highest BCUT2D eigenvalue weighted by Gasteiger charge is 2.30. The molecule has 0 bridgehead atoms. The van der Waals surface area contributed by atoms with Crippen LogP contribution in [0.25, 0.3) is 10.4 Å². The molecule has 0 aromatic rings. The molecule has 1 aliphatic carbocycles. The highest BCUT2D eigenvalue weighted by Crippen LogP contribution is 2.30. The molecule has 0 fully saturated rings. The van der Waals surface area contributed by atoms with Crippen LogP contribution in [-0.2, 0) is 4.79 Å². The SMILES string of the molecule is CC1=CC(C)CC(C(NCCN=[N+]=[N-])C(=O)O)C1. The molecule has 0 spiro atoms. The van der Waals surface area contributed by atoms with E-state index in [1.54, 1.807) is 0 Å². The number of rotatable bonds is 6. The standard InChI is InChI=1S/C12H20N4O2/c1-8-5-9(2)7-10(6-8)11(12(17)18)14-3-4-15-16-13/h5,8,10-11,14H,3-4,6-7H2,1-2H3,(H,17,18). The van der Waals surface area contributed by atoms with Crippen molar-refractivity contribution in [2.24, 2.45) is 17.0 Å². The van der Waals surface area contributed by atoms with E-state index < -0.39 is 12.0 Å². The molecule has 6 nitrogen and oxygen atoms in total. The zero-order chi connectivity index (χ0) is 13.5. The van der Waals surface area contributed by atoms with Crippen molar-refractivity contribution < 1.29 is 9.90 Å². The number of carbonyl (C=O) groups is 1. The van der Waals surface area contributed by atoms with Crippen molar-refractivity contribution in [3.05, 3.63) is 22.1 Å². The summed E-state index contributed by atoms with van der Waals surface area (Å²) in [7, 11) is 0. The highest BCUT2D eigenvalue weighted by molar-refractivity contribution is 5.74. The van der Waals surface area contributed by atoms with Gasteiger partial charge in [-0.15, -0.1) is 0 Å².